The molecule has 36 heavy (non-hydrogen) atoms. The maximum Gasteiger partial charge on any atom is 0.240 e. The van der Waals surface area contributed by atoms with Crippen LogP contribution < -0.4 is 5.73 Å². The van der Waals surface area contributed by atoms with Crippen molar-refractivity contribution >= 4 is 35.4 Å². The molecule has 198 valence electrons. The molecule has 7 heteroatoms. The number of halogens is 2. The first-order valence-electron chi connectivity index (χ1n) is 12.7. The van der Waals surface area contributed by atoms with Crippen molar-refractivity contribution in [3.63, 3.8) is 0 Å². The van der Waals surface area contributed by atoms with E-state index in [2.05, 4.69) is 54.8 Å². The highest BCUT2D eigenvalue weighted by molar-refractivity contribution is 6.30. The number of hydrogen-bond donors (Lipinski definition) is 1. The minimum atomic E-state index is -0.253. The highest BCUT2D eigenvalue weighted by atomic mass is 35.5. The van der Waals surface area contributed by atoms with E-state index in [-0.39, 0.29) is 23.6 Å². The molecule has 5 unspecified atom stereocenters. The fraction of sp³-hybridized carbons (Fsp3) is 0.517. The molecule has 1 aliphatic carbocycles. The molecule has 0 amide bonds. The van der Waals surface area contributed by atoms with Crippen LogP contribution in [0.1, 0.15) is 69.9 Å². The predicted octanol–water partition coefficient (Wildman–Crippen LogP) is 7.07. The van der Waals surface area contributed by atoms with E-state index >= 15 is 0 Å². The van der Waals surface area contributed by atoms with Crippen molar-refractivity contribution in [3.05, 3.63) is 70.7 Å². The molecular formula is C29H41Cl2N3O2. The average Bonchev–Trinajstić information content (AvgIpc) is 3.30. The second-order valence-corrected chi connectivity index (χ2v) is 9.96. The van der Waals surface area contributed by atoms with Gasteiger partial charge in [-0.1, -0.05) is 55.8 Å². The molecule has 2 aromatic rings. The lowest BCUT2D eigenvalue weighted by molar-refractivity contribution is -0.122. The van der Waals surface area contributed by atoms with Crippen molar-refractivity contribution in [2.45, 2.75) is 71.1 Å². The van der Waals surface area contributed by atoms with E-state index in [9.17, 15) is 4.79 Å². The van der Waals surface area contributed by atoms with Crippen LogP contribution in [0.25, 0.3) is 0 Å². The molecule has 5 nitrogen and oxygen atoms in total. The number of benzene rings is 2. The Bertz CT molecular complexity index is 953. The summed E-state index contributed by atoms with van der Waals surface area (Å²) in [5.41, 5.74) is 8.36. The van der Waals surface area contributed by atoms with Gasteiger partial charge in [0.2, 0.25) is 5.90 Å². The van der Waals surface area contributed by atoms with Crippen molar-refractivity contribution in [2.24, 2.45) is 22.2 Å². The van der Waals surface area contributed by atoms with Gasteiger partial charge in [0.1, 0.15) is 6.29 Å². The molecule has 0 saturated heterocycles. The van der Waals surface area contributed by atoms with Crippen LogP contribution in [0.3, 0.4) is 0 Å². The first-order chi connectivity index (χ1) is 17.3. The molecule has 0 radical (unpaired) electrons. The lowest BCUT2D eigenvalue weighted by Crippen LogP contribution is -2.45. The predicted molar refractivity (Wildman–Crippen MR) is 152 cm³/mol. The summed E-state index contributed by atoms with van der Waals surface area (Å²) in [5, 5.41) is 7.17. The number of carbonyl (C=O) groups is 1. The van der Waals surface area contributed by atoms with Crippen LogP contribution in [0.4, 0.5) is 0 Å². The van der Waals surface area contributed by atoms with Crippen LogP contribution in [0.2, 0.25) is 5.02 Å². The Morgan fingerprint density at radius 3 is 2.25 bits per heavy atom. The third kappa shape index (κ3) is 7.47. The maximum absolute atomic E-state index is 11.9. The molecule has 1 aliphatic heterocycles. The summed E-state index contributed by atoms with van der Waals surface area (Å²) >= 11 is 10.2. The van der Waals surface area contributed by atoms with Crippen LogP contribution in [-0.4, -0.2) is 42.9 Å². The van der Waals surface area contributed by atoms with E-state index in [4.69, 9.17) is 22.1 Å². The molecule has 1 saturated carbocycles. The van der Waals surface area contributed by atoms with Gasteiger partial charge in [0.05, 0.1) is 0 Å². The van der Waals surface area contributed by atoms with E-state index < -0.39 is 0 Å². The van der Waals surface area contributed by atoms with Crippen molar-refractivity contribution in [3.8, 4) is 0 Å². The number of nitrogens with zero attached hydrogens (tertiary/aromatic N) is 2. The topological polar surface area (TPSA) is 67.9 Å². The Balaban J connectivity index is 0.000000431. The largest absolute Gasteiger partial charge is 0.451 e. The van der Waals surface area contributed by atoms with Crippen LogP contribution in [-0.2, 0) is 9.53 Å². The fourth-order valence-corrected chi connectivity index (χ4v) is 5.36. The molecule has 1 heterocycles. The number of carbonyl (C=O) groups excluding carboxylic acids is 1. The van der Waals surface area contributed by atoms with Gasteiger partial charge in [-0.05, 0) is 74.3 Å². The van der Waals surface area contributed by atoms with Crippen molar-refractivity contribution < 1.29 is 9.53 Å². The third-order valence-corrected chi connectivity index (χ3v) is 7.64. The number of aldehydes is 1. The zero-order valence-electron chi connectivity index (χ0n) is 22.2. The second-order valence-electron chi connectivity index (χ2n) is 9.52. The van der Waals surface area contributed by atoms with Crippen molar-refractivity contribution in [1.29, 1.82) is 0 Å². The Morgan fingerprint density at radius 1 is 1.17 bits per heavy atom. The Kier molecular flexibility index (Phi) is 12.2. The summed E-state index contributed by atoms with van der Waals surface area (Å²) < 4.78 is 5.92. The minimum absolute atomic E-state index is 0.0235. The molecule has 0 bridgehead atoms. The van der Waals surface area contributed by atoms with Crippen LogP contribution in [0.5, 0.6) is 0 Å². The van der Waals surface area contributed by atoms with Crippen LogP contribution in [0.15, 0.2) is 59.7 Å². The molecule has 1 fully saturated rings. The first-order valence-corrected chi connectivity index (χ1v) is 13.9. The minimum Gasteiger partial charge on any atom is -0.451 e. The molecule has 2 N–H and O–H groups in total. The highest BCUT2D eigenvalue weighted by Crippen LogP contribution is 2.49. The number of nitrogens with two attached hydrogens (primary N) is 1. The molecule has 0 aromatic heterocycles. The lowest BCUT2D eigenvalue weighted by Gasteiger charge is -2.45. The van der Waals surface area contributed by atoms with Gasteiger partial charge in [-0.3, -0.25) is 5.01 Å². The van der Waals surface area contributed by atoms with Gasteiger partial charge in [0.15, 0.2) is 6.23 Å². The number of rotatable bonds is 6. The van der Waals surface area contributed by atoms with Gasteiger partial charge >= 0.3 is 0 Å². The second kappa shape index (κ2) is 14.6. The Labute approximate surface area is 227 Å². The summed E-state index contributed by atoms with van der Waals surface area (Å²) in [7, 11) is 1.94. The van der Waals surface area contributed by atoms with Gasteiger partial charge < -0.3 is 15.3 Å². The standard InChI is InChI=1S/C22H33N3O2.C6H5Cl.CH3Cl/c1-5-20-25(4)24-21(27-20)17-9-7-16(8-10-17)18-11-12-22(6-2,14-26)19(13-18)15(3)23;7-6-4-2-1-3-5-6;1-2/h7-10,14-15,18-20H,5-6,11-13,23H2,1-4H3;1-5H;1H3. The van der Waals surface area contributed by atoms with E-state index in [0.29, 0.717) is 11.8 Å². The monoisotopic (exact) mass is 533 g/mol. The first kappa shape index (κ1) is 30.1. The van der Waals surface area contributed by atoms with Crippen LogP contribution in [0, 0.1) is 11.3 Å². The number of ether oxygens (including phenoxy) is 1. The van der Waals surface area contributed by atoms with Gasteiger partial charge in [-0.25, -0.2) is 0 Å². The lowest BCUT2D eigenvalue weighted by atomic mass is 9.60. The fourth-order valence-electron chi connectivity index (χ4n) is 5.22. The SMILES string of the molecule is CCC1OC(c2ccc(C3CCC(C=O)(CC)C(C(C)N)C3)cc2)=NN1C.CCl.Clc1ccccc1. The number of alkyl halides is 1. The number of hydrazone groups is 1. The third-order valence-electron chi connectivity index (χ3n) is 7.39. The maximum atomic E-state index is 11.9. The zero-order valence-corrected chi connectivity index (χ0v) is 23.7. The van der Waals surface area contributed by atoms with E-state index in [0.717, 1.165) is 42.7 Å². The molecule has 2 aromatic carbocycles. The van der Waals surface area contributed by atoms with Gasteiger partial charge in [0, 0.05) is 41.9 Å². The van der Waals surface area contributed by atoms with Crippen molar-refractivity contribution in [2.75, 3.05) is 13.4 Å². The normalized spacial score (nSPS) is 25.8. The molecule has 4 rings (SSSR count). The Morgan fingerprint density at radius 2 is 1.81 bits per heavy atom. The van der Waals surface area contributed by atoms with E-state index in [1.807, 2.05) is 49.3 Å². The van der Waals surface area contributed by atoms with Gasteiger partial charge in [0.25, 0.3) is 0 Å². The summed E-state index contributed by atoms with van der Waals surface area (Å²) in [6.45, 7) is 6.25. The quantitative estimate of drug-likeness (QED) is 0.318. The average molecular weight is 535 g/mol. The Hall–Kier alpha value is -2.08. The highest BCUT2D eigenvalue weighted by Gasteiger charge is 2.44. The van der Waals surface area contributed by atoms with E-state index in [1.165, 1.54) is 18.2 Å². The summed E-state index contributed by atoms with van der Waals surface area (Å²) in [6.07, 6.45) is 7.38. The summed E-state index contributed by atoms with van der Waals surface area (Å²) in [6, 6.07) is 18.0. The van der Waals surface area contributed by atoms with Crippen LogP contribution >= 0.6 is 23.2 Å². The van der Waals surface area contributed by atoms with Gasteiger partial charge in [-0.2, -0.15) is 0 Å². The zero-order chi connectivity index (χ0) is 26.7. The van der Waals surface area contributed by atoms with E-state index in [1.54, 1.807) is 0 Å². The smallest absolute Gasteiger partial charge is 0.240 e. The number of hydrogen-bond acceptors (Lipinski definition) is 5. The summed E-state index contributed by atoms with van der Waals surface area (Å²) in [4.78, 5) is 11.9. The van der Waals surface area contributed by atoms with Gasteiger partial charge in [-0.15, -0.1) is 16.7 Å². The molecule has 2 aliphatic rings. The molecular weight excluding hydrogens is 493 g/mol. The summed E-state index contributed by atoms with van der Waals surface area (Å²) in [5.74, 6) is 1.38. The van der Waals surface area contributed by atoms with Crippen molar-refractivity contribution in [1.82, 2.24) is 5.01 Å². The molecule has 0 spiro atoms. The molecule has 5 atom stereocenters.